The van der Waals surface area contributed by atoms with E-state index in [1.54, 1.807) is 4.68 Å². The first-order valence-corrected chi connectivity index (χ1v) is 7.89. The monoisotopic (exact) mass is 340 g/mol. The molecule has 0 unspecified atom stereocenters. The van der Waals surface area contributed by atoms with Crippen molar-refractivity contribution < 1.29 is 13.2 Å². The first kappa shape index (κ1) is 16.7. The van der Waals surface area contributed by atoms with Crippen molar-refractivity contribution in [3.05, 3.63) is 29.6 Å². The molecule has 1 saturated heterocycles. The van der Waals surface area contributed by atoms with Crippen molar-refractivity contribution in [3.63, 3.8) is 0 Å². The van der Waals surface area contributed by atoms with Gasteiger partial charge < -0.3 is 4.90 Å². The third-order valence-corrected chi connectivity index (χ3v) is 4.16. The SMILES string of the molecule is Cc1nc(C)n(C[C@H]2CCCCN2c2nccc(C(F)(F)F)n2)n1. The molecule has 24 heavy (non-hydrogen) atoms. The summed E-state index contributed by atoms with van der Waals surface area (Å²) in [6.45, 7) is 4.89. The lowest BCUT2D eigenvalue weighted by molar-refractivity contribution is -0.141. The summed E-state index contributed by atoms with van der Waals surface area (Å²) in [6.07, 6.45) is -0.513. The number of rotatable bonds is 3. The molecule has 130 valence electrons. The highest BCUT2D eigenvalue weighted by Crippen LogP contribution is 2.29. The number of aromatic nitrogens is 5. The Hall–Kier alpha value is -2.19. The van der Waals surface area contributed by atoms with E-state index in [-0.39, 0.29) is 12.0 Å². The number of piperidine rings is 1. The summed E-state index contributed by atoms with van der Waals surface area (Å²) >= 11 is 0. The van der Waals surface area contributed by atoms with Crippen LogP contribution in [0.3, 0.4) is 0 Å². The van der Waals surface area contributed by atoms with E-state index >= 15 is 0 Å². The molecule has 0 spiro atoms. The Bertz CT molecular complexity index is 711. The van der Waals surface area contributed by atoms with Gasteiger partial charge in [-0.25, -0.2) is 19.6 Å². The van der Waals surface area contributed by atoms with Gasteiger partial charge in [0, 0.05) is 12.7 Å². The van der Waals surface area contributed by atoms with Gasteiger partial charge in [-0.05, 0) is 39.2 Å². The number of hydrogen-bond acceptors (Lipinski definition) is 5. The smallest absolute Gasteiger partial charge is 0.336 e. The van der Waals surface area contributed by atoms with E-state index in [2.05, 4.69) is 20.1 Å². The summed E-state index contributed by atoms with van der Waals surface area (Å²) in [5.74, 6) is 1.61. The maximum Gasteiger partial charge on any atom is 0.433 e. The molecule has 0 aromatic carbocycles. The summed E-state index contributed by atoms with van der Waals surface area (Å²) in [5, 5.41) is 4.35. The minimum atomic E-state index is -4.47. The molecule has 0 amide bonds. The average molecular weight is 340 g/mol. The van der Waals surface area contributed by atoms with Crippen molar-refractivity contribution in [2.75, 3.05) is 11.4 Å². The molecule has 1 atom stereocenters. The quantitative estimate of drug-likeness (QED) is 0.860. The highest BCUT2D eigenvalue weighted by Gasteiger charge is 2.34. The molecule has 2 aromatic heterocycles. The van der Waals surface area contributed by atoms with Crippen LogP contribution in [0.2, 0.25) is 0 Å². The molecule has 9 heteroatoms. The van der Waals surface area contributed by atoms with Gasteiger partial charge in [-0.15, -0.1) is 0 Å². The number of halogens is 3. The van der Waals surface area contributed by atoms with E-state index in [0.29, 0.717) is 18.9 Å². The van der Waals surface area contributed by atoms with Gasteiger partial charge in [0.15, 0.2) is 0 Å². The lowest BCUT2D eigenvalue weighted by Crippen LogP contribution is -2.43. The number of anilines is 1. The molecule has 0 aliphatic carbocycles. The first-order valence-electron chi connectivity index (χ1n) is 7.89. The second-order valence-corrected chi connectivity index (χ2v) is 5.97. The molecular weight excluding hydrogens is 321 g/mol. The molecule has 1 aliphatic heterocycles. The van der Waals surface area contributed by atoms with Crippen LogP contribution in [0, 0.1) is 13.8 Å². The zero-order valence-electron chi connectivity index (χ0n) is 13.6. The third-order valence-electron chi connectivity index (χ3n) is 4.16. The summed E-state index contributed by atoms with van der Waals surface area (Å²) in [5.41, 5.74) is -0.912. The number of nitrogens with zero attached hydrogens (tertiary/aromatic N) is 6. The van der Waals surface area contributed by atoms with E-state index in [1.807, 2.05) is 18.7 Å². The van der Waals surface area contributed by atoms with E-state index in [4.69, 9.17) is 0 Å². The fourth-order valence-corrected chi connectivity index (χ4v) is 3.03. The van der Waals surface area contributed by atoms with Crippen molar-refractivity contribution in [3.8, 4) is 0 Å². The van der Waals surface area contributed by atoms with Crippen LogP contribution in [-0.4, -0.2) is 37.3 Å². The van der Waals surface area contributed by atoms with Crippen molar-refractivity contribution in [1.29, 1.82) is 0 Å². The van der Waals surface area contributed by atoms with Crippen molar-refractivity contribution in [2.45, 2.75) is 51.9 Å². The van der Waals surface area contributed by atoms with E-state index in [0.717, 1.165) is 31.2 Å². The van der Waals surface area contributed by atoms with E-state index in [1.165, 1.54) is 6.20 Å². The van der Waals surface area contributed by atoms with E-state index in [9.17, 15) is 13.2 Å². The van der Waals surface area contributed by atoms with Gasteiger partial charge in [-0.2, -0.15) is 18.3 Å². The third kappa shape index (κ3) is 3.49. The maximum atomic E-state index is 12.9. The molecule has 6 nitrogen and oxygen atoms in total. The Morgan fingerprint density at radius 1 is 1.21 bits per heavy atom. The van der Waals surface area contributed by atoms with E-state index < -0.39 is 11.9 Å². The van der Waals surface area contributed by atoms with Gasteiger partial charge in [0.2, 0.25) is 5.95 Å². The number of aryl methyl sites for hydroxylation is 2. The number of hydrogen-bond donors (Lipinski definition) is 0. The van der Waals surface area contributed by atoms with Crippen LogP contribution >= 0.6 is 0 Å². The molecule has 0 saturated carbocycles. The zero-order chi connectivity index (χ0) is 17.3. The van der Waals surface area contributed by atoms with Gasteiger partial charge in [0.25, 0.3) is 0 Å². The van der Waals surface area contributed by atoms with Crippen molar-refractivity contribution in [1.82, 2.24) is 24.7 Å². The van der Waals surface area contributed by atoms with Gasteiger partial charge >= 0.3 is 6.18 Å². The zero-order valence-corrected chi connectivity index (χ0v) is 13.6. The Morgan fingerprint density at radius 3 is 2.67 bits per heavy atom. The molecule has 1 aliphatic rings. The average Bonchev–Trinajstić information content (AvgIpc) is 2.85. The minimum absolute atomic E-state index is 0.00188. The molecule has 1 fully saturated rings. The molecule has 2 aromatic rings. The number of alkyl halides is 3. The fraction of sp³-hybridized carbons (Fsp3) is 0.600. The van der Waals surface area contributed by atoms with Crippen LogP contribution in [0.5, 0.6) is 0 Å². The van der Waals surface area contributed by atoms with Crippen LogP contribution in [-0.2, 0) is 12.7 Å². The minimum Gasteiger partial charge on any atom is -0.336 e. The molecule has 0 radical (unpaired) electrons. The summed E-state index contributed by atoms with van der Waals surface area (Å²) in [7, 11) is 0. The molecule has 3 rings (SSSR count). The molecule has 3 heterocycles. The summed E-state index contributed by atoms with van der Waals surface area (Å²) in [6, 6.07) is 0.898. The Kier molecular flexibility index (Phi) is 4.42. The van der Waals surface area contributed by atoms with Gasteiger partial charge in [0.05, 0.1) is 12.6 Å². The summed E-state index contributed by atoms with van der Waals surface area (Å²) < 4.78 is 40.5. The molecule has 0 bridgehead atoms. The van der Waals surface area contributed by atoms with Crippen LogP contribution in [0.15, 0.2) is 12.3 Å². The largest absolute Gasteiger partial charge is 0.433 e. The second kappa shape index (κ2) is 6.37. The molecule has 0 N–H and O–H groups in total. The Morgan fingerprint density at radius 2 is 2.00 bits per heavy atom. The fourth-order valence-electron chi connectivity index (χ4n) is 3.03. The van der Waals surface area contributed by atoms with Crippen LogP contribution in [0.25, 0.3) is 0 Å². The highest BCUT2D eigenvalue weighted by atomic mass is 19.4. The van der Waals surface area contributed by atoms with Crippen LogP contribution in [0.4, 0.5) is 19.1 Å². The summed E-state index contributed by atoms with van der Waals surface area (Å²) in [4.78, 5) is 13.9. The predicted molar refractivity (Wildman–Crippen MR) is 81.5 cm³/mol. The lowest BCUT2D eigenvalue weighted by atomic mass is 10.0. The topological polar surface area (TPSA) is 59.7 Å². The normalized spacial score (nSPS) is 18.9. The molecular formula is C15H19F3N6. The second-order valence-electron chi connectivity index (χ2n) is 5.97. The van der Waals surface area contributed by atoms with Gasteiger partial charge in [-0.1, -0.05) is 0 Å². The van der Waals surface area contributed by atoms with Gasteiger partial charge in [-0.3, -0.25) is 0 Å². The Balaban J connectivity index is 1.86. The maximum absolute atomic E-state index is 12.9. The lowest BCUT2D eigenvalue weighted by Gasteiger charge is -2.35. The van der Waals surface area contributed by atoms with Crippen molar-refractivity contribution in [2.24, 2.45) is 0 Å². The van der Waals surface area contributed by atoms with Crippen LogP contribution in [0.1, 0.15) is 36.6 Å². The van der Waals surface area contributed by atoms with Gasteiger partial charge in [0.1, 0.15) is 17.3 Å². The highest BCUT2D eigenvalue weighted by molar-refractivity contribution is 5.33. The first-order chi connectivity index (χ1) is 11.3. The van der Waals surface area contributed by atoms with Crippen LogP contribution < -0.4 is 4.90 Å². The predicted octanol–water partition coefficient (Wildman–Crippen LogP) is 2.76. The standard InChI is InChI=1S/C15H19F3N6/c1-10-20-11(2)24(22-10)9-12-5-3-4-8-23(12)14-19-7-6-13(21-14)15(16,17)18/h6-7,12H,3-5,8-9H2,1-2H3/t12-/m1/s1. The van der Waals surface area contributed by atoms with Crippen molar-refractivity contribution >= 4 is 5.95 Å². The Labute approximate surface area is 137 Å².